The van der Waals surface area contributed by atoms with Crippen molar-refractivity contribution in [2.45, 2.75) is 13.5 Å². The summed E-state index contributed by atoms with van der Waals surface area (Å²) >= 11 is 1.37. The molecular formula is C18H16N2O4S. The molecule has 0 bridgehead atoms. The molecule has 0 atom stereocenters. The second-order valence-electron chi connectivity index (χ2n) is 5.26. The number of thiophene rings is 1. The number of carbonyl (C=O) groups is 2. The molecule has 1 amide bonds. The Labute approximate surface area is 148 Å². The summed E-state index contributed by atoms with van der Waals surface area (Å²) in [6, 6.07) is 13.0. The van der Waals surface area contributed by atoms with Crippen LogP contribution < -0.4 is 5.32 Å². The maximum Gasteiger partial charge on any atom is 0.325 e. The van der Waals surface area contributed by atoms with Gasteiger partial charge in [0.1, 0.15) is 25.1 Å². The highest BCUT2D eigenvalue weighted by Crippen LogP contribution is 2.18. The van der Waals surface area contributed by atoms with E-state index in [1.54, 1.807) is 6.07 Å². The zero-order valence-electron chi connectivity index (χ0n) is 13.5. The lowest BCUT2D eigenvalue weighted by Crippen LogP contribution is -2.30. The molecule has 7 heteroatoms. The monoisotopic (exact) mass is 356 g/mol. The quantitative estimate of drug-likeness (QED) is 0.686. The van der Waals surface area contributed by atoms with Gasteiger partial charge in [0, 0.05) is 10.4 Å². The van der Waals surface area contributed by atoms with Crippen molar-refractivity contribution in [3.05, 3.63) is 64.2 Å². The zero-order valence-corrected chi connectivity index (χ0v) is 14.3. The Morgan fingerprint density at radius 1 is 1.20 bits per heavy atom. The van der Waals surface area contributed by atoms with Gasteiger partial charge in [-0.3, -0.25) is 9.59 Å². The molecule has 3 aromatic rings. The molecule has 128 valence electrons. The molecule has 6 nitrogen and oxygen atoms in total. The van der Waals surface area contributed by atoms with Crippen LogP contribution in [0.3, 0.4) is 0 Å². The van der Waals surface area contributed by atoms with Gasteiger partial charge < -0.3 is 14.5 Å². The van der Waals surface area contributed by atoms with Gasteiger partial charge in [0.2, 0.25) is 5.89 Å². The number of aryl methyl sites for hydroxylation is 1. The van der Waals surface area contributed by atoms with Gasteiger partial charge in [0.15, 0.2) is 0 Å². The van der Waals surface area contributed by atoms with Crippen LogP contribution in [0.25, 0.3) is 11.5 Å². The van der Waals surface area contributed by atoms with Crippen molar-refractivity contribution in [3.63, 3.8) is 0 Å². The standard InChI is InChI=1S/C18H16N2O4S/c1-12-7-8-15(25-12)17(22)19-9-16(21)23-10-14-11-24-18(20-14)13-5-3-2-4-6-13/h2-8,11H,9-10H2,1H3,(H,19,22). The summed E-state index contributed by atoms with van der Waals surface area (Å²) in [6.07, 6.45) is 1.45. The average Bonchev–Trinajstić information content (AvgIpc) is 3.28. The lowest BCUT2D eigenvalue weighted by molar-refractivity contribution is -0.143. The fourth-order valence-corrected chi connectivity index (χ4v) is 2.87. The summed E-state index contributed by atoms with van der Waals surface area (Å²) in [5.41, 5.74) is 1.35. The van der Waals surface area contributed by atoms with E-state index < -0.39 is 5.97 Å². The second kappa shape index (κ2) is 7.76. The van der Waals surface area contributed by atoms with Crippen LogP contribution in [0.4, 0.5) is 0 Å². The van der Waals surface area contributed by atoms with Crippen molar-refractivity contribution in [3.8, 4) is 11.5 Å². The van der Waals surface area contributed by atoms with E-state index >= 15 is 0 Å². The Balaban J connectivity index is 1.46. The van der Waals surface area contributed by atoms with E-state index in [2.05, 4.69) is 10.3 Å². The molecule has 0 spiro atoms. The van der Waals surface area contributed by atoms with Crippen LogP contribution in [0.15, 0.2) is 53.1 Å². The van der Waals surface area contributed by atoms with Gasteiger partial charge in [-0.25, -0.2) is 4.98 Å². The summed E-state index contributed by atoms with van der Waals surface area (Å²) in [5, 5.41) is 2.53. The first-order chi connectivity index (χ1) is 12.1. The van der Waals surface area contributed by atoms with Gasteiger partial charge in [0.25, 0.3) is 5.91 Å². The highest BCUT2D eigenvalue weighted by atomic mass is 32.1. The number of ether oxygens (including phenoxy) is 1. The largest absolute Gasteiger partial charge is 0.458 e. The SMILES string of the molecule is Cc1ccc(C(=O)NCC(=O)OCc2coc(-c3ccccc3)n2)s1. The highest BCUT2D eigenvalue weighted by Gasteiger charge is 2.12. The van der Waals surface area contributed by atoms with Gasteiger partial charge in [-0.1, -0.05) is 18.2 Å². The third-order valence-electron chi connectivity index (χ3n) is 3.31. The van der Waals surface area contributed by atoms with E-state index in [0.717, 1.165) is 10.4 Å². The Morgan fingerprint density at radius 2 is 2.00 bits per heavy atom. The zero-order chi connectivity index (χ0) is 17.6. The Bertz CT molecular complexity index is 870. The summed E-state index contributed by atoms with van der Waals surface area (Å²) in [5.74, 6) is -0.359. The van der Waals surface area contributed by atoms with Gasteiger partial charge in [-0.15, -0.1) is 11.3 Å². The molecule has 0 radical (unpaired) electrons. The van der Waals surface area contributed by atoms with Gasteiger partial charge in [-0.05, 0) is 31.2 Å². The van der Waals surface area contributed by atoms with Gasteiger partial charge in [0.05, 0.1) is 4.88 Å². The van der Waals surface area contributed by atoms with Gasteiger partial charge >= 0.3 is 5.97 Å². The molecule has 2 aromatic heterocycles. The number of oxazole rings is 1. The Hall–Kier alpha value is -2.93. The number of hydrogen-bond donors (Lipinski definition) is 1. The molecule has 1 aromatic carbocycles. The first-order valence-electron chi connectivity index (χ1n) is 7.62. The number of carbonyl (C=O) groups excluding carboxylic acids is 2. The number of nitrogens with zero attached hydrogens (tertiary/aromatic N) is 1. The number of esters is 1. The molecule has 0 aliphatic heterocycles. The minimum Gasteiger partial charge on any atom is -0.458 e. The molecular weight excluding hydrogens is 340 g/mol. The van der Waals surface area contributed by atoms with Crippen LogP contribution in [0.5, 0.6) is 0 Å². The fraction of sp³-hybridized carbons (Fsp3) is 0.167. The number of hydrogen-bond acceptors (Lipinski definition) is 6. The number of rotatable bonds is 6. The van der Waals surface area contributed by atoms with Crippen molar-refractivity contribution in [2.75, 3.05) is 6.54 Å². The lowest BCUT2D eigenvalue weighted by atomic mass is 10.2. The molecule has 2 heterocycles. The first kappa shape index (κ1) is 16.9. The number of benzene rings is 1. The lowest BCUT2D eigenvalue weighted by Gasteiger charge is -2.04. The molecule has 25 heavy (non-hydrogen) atoms. The van der Waals surface area contributed by atoms with E-state index in [4.69, 9.17) is 9.15 Å². The summed E-state index contributed by atoms with van der Waals surface area (Å²) in [7, 11) is 0. The third-order valence-corrected chi connectivity index (χ3v) is 4.31. The van der Waals surface area contributed by atoms with Crippen LogP contribution in [0, 0.1) is 6.92 Å². The maximum absolute atomic E-state index is 11.9. The Kier molecular flexibility index (Phi) is 5.25. The first-order valence-corrected chi connectivity index (χ1v) is 8.43. The van der Waals surface area contributed by atoms with E-state index in [-0.39, 0.29) is 19.1 Å². The predicted octanol–water partition coefficient (Wildman–Crippen LogP) is 3.18. The van der Waals surface area contributed by atoms with Crippen LogP contribution in [0.2, 0.25) is 0 Å². The van der Waals surface area contributed by atoms with Crippen LogP contribution in [-0.2, 0) is 16.1 Å². The molecule has 0 saturated carbocycles. The van der Waals surface area contributed by atoms with Crippen LogP contribution in [-0.4, -0.2) is 23.4 Å². The van der Waals surface area contributed by atoms with Crippen molar-refractivity contribution in [1.29, 1.82) is 0 Å². The second-order valence-corrected chi connectivity index (χ2v) is 6.55. The Morgan fingerprint density at radius 3 is 2.72 bits per heavy atom. The number of aromatic nitrogens is 1. The molecule has 3 rings (SSSR count). The van der Waals surface area contributed by atoms with E-state index in [0.29, 0.717) is 16.5 Å². The molecule has 0 unspecified atom stereocenters. The van der Waals surface area contributed by atoms with Crippen LogP contribution in [0.1, 0.15) is 20.2 Å². The molecule has 0 fully saturated rings. The van der Waals surface area contributed by atoms with Crippen molar-refractivity contribution >= 4 is 23.2 Å². The topological polar surface area (TPSA) is 81.4 Å². The normalized spacial score (nSPS) is 10.4. The average molecular weight is 356 g/mol. The summed E-state index contributed by atoms with van der Waals surface area (Å²) in [4.78, 5) is 29.5. The number of amides is 1. The van der Waals surface area contributed by atoms with E-state index in [1.807, 2.05) is 43.3 Å². The molecule has 0 aliphatic rings. The number of nitrogens with one attached hydrogen (secondary N) is 1. The minimum atomic E-state index is -0.536. The summed E-state index contributed by atoms with van der Waals surface area (Å²) < 4.78 is 10.5. The fourth-order valence-electron chi connectivity index (χ4n) is 2.09. The van der Waals surface area contributed by atoms with Crippen LogP contribution >= 0.6 is 11.3 Å². The summed E-state index contributed by atoms with van der Waals surface area (Å²) in [6.45, 7) is 1.71. The van der Waals surface area contributed by atoms with Crippen molar-refractivity contribution in [1.82, 2.24) is 10.3 Å². The van der Waals surface area contributed by atoms with Gasteiger partial charge in [-0.2, -0.15) is 0 Å². The van der Waals surface area contributed by atoms with Crippen molar-refractivity contribution < 1.29 is 18.7 Å². The molecule has 1 N–H and O–H groups in total. The third kappa shape index (κ3) is 4.54. The smallest absolute Gasteiger partial charge is 0.325 e. The predicted molar refractivity (Wildman–Crippen MR) is 93.1 cm³/mol. The van der Waals surface area contributed by atoms with E-state index in [9.17, 15) is 9.59 Å². The van der Waals surface area contributed by atoms with E-state index in [1.165, 1.54) is 17.6 Å². The molecule has 0 saturated heterocycles. The maximum atomic E-state index is 11.9. The minimum absolute atomic E-state index is 0.0108. The highest BCUT2D eigenvalue weighted by molar-refractivity contribution is 7.13. The van der Waals surface area contributed by atoms with Crippen molar-refractivity contribution in [2.24, 2.45) is 0 Å². The molecule has 0 aliphatic carbocycles.